The Morgan fingerprint density at radius 3 is 2.53 bits per heavy atom. The van der Waals surface area contributed by atoms with Crippen LogP contribution in [0.25, 0.3) is 5.69 Å². The third kappa shape index (κ3) is 5.32. The second-order valence-electron chi connectivity index (χ2n) is 11.1. The number of amides is 2. The van der Waals surface area contributed by atoms with Crippen LogP contribution in [-0.2, 0) is 15.0 Å². The molecule has 1 aliphatic heterocycles. The molecule has 0 aliphatic carbocycles. The number of fused-ring (bicyclic) bond motifs is 1. The van der Waals surface area contributed by atoms with E-state index in [9.17, 15) is 9.59 Å². The normalized spacial score (nSPS) is 15.9. The van der Waals surface area contributed by atoms with Gasteiger partial charge < -0.3 is 10.1 Å². The molecule has 2 aromatic carbocycles. The van der Waals surface area contributed by atoms with Crippen LogP contribution in [0, 0.1) is 13.8 Å². The van der Waals surface area contributed by atoms with Crippen molar-refractivity contribution in [2.24, 2.45) is 0 Å². The number of methoxy groups -OCH3 is 1. The van der Waals surface area contributed by atoms with Crippen molar-refractivity contribution in [3.63, 3.8) is 0 Å². The molecule has 0 fully saturated rings. The van der Waals surface area contributed by atoms with Crippen molar-refractivity contribution in [3.8, 4) is 11.4 Å². The third-order valence-electron chi connectivity index (χ3n) is 6.78. The van der Waals surface area contributed by atoms with Crippen LogP contribution in [0.2, 0.25) is 0 Å². The zero-order chi connectivity index (χ0) is 27.8. The lowest BCUT2D eigenvalue weighted by Crippen LogP contribution is -2.44. The summed E-state index contributed by atoms with van der Waals surface area (Å²) in [4.78, 5) is 28.5. The summed E-state index contributed by atoms with van der Waals surface area (Å²) in [6.07, 6.45) is 0. The minimum Gasteiger partial charge on any atom is -0.496 e. The number of rotatable bonds is 6. The van der Waals surface area contributed by atoms with Gasteiger partial charge in [-0.25, -0.2) is 4.68 Å². The van der Waals surface area contributed by atoms with Gasteiger partial charge in [-0.15, -0.1) is 11.8 Å². The lowest BCUT2D eigenvalue weighted by molar-refractivity contribution is -0.123. The van der Waals surface area contributed by atoms with Crippen LogP contribution in [0.15, 0.2) is 42.5 Å². The van der Waals surface area contributed by atoms with Gasteiger partial charge in [0, 0.05) is 22.6 Å². The summed E-state index contributed by atoms with van der Waals surface area (Å²) in [5.41, 5.74) is 5.58. The van der Waals surface area contributed by atoms with E-state index in [-0.39, 0.29) is 40.8 Å². The summed E-state index contributed by atoms with van der Waals surface area (Å²) < 4.78 is 7.65. The molecule has 1 atom stereocenters. The number of nitrogens with one attached hydrogen (secondary N) is 1. The summed E-state index contributed by atoms with van der Waals surface area (Å²) in [5, 5.41) is 7.94. The molecule has 0 saturated carbocycles. The van der Waals surface area contributed by atoms with Crippen molar-refractivity contribution >= 4 is 29.4 Å². The summed E-state index contributed by atoms with van der Waals surface area (Å²) in [7, 11) is 1.67. The van der Waals surface area contributed by atoms with Crippen LogP contribution >= 0.6 is 11.8 Å². The van der Waals surface area contributed by atoms with Gasteiger partial charge in [-0.2, -0.15) is 5.10 Å². The lowest BCUT2D eigenvalue weighted by Gasteiger charge is -2.25. The maximum absolute atomic E-state index is 13.8. The van der Waals surface area contributed by atoms with Crippen LogP contribution in [0.3, 0.4) is 0 Å². The maximum Gasteiger partial charge on any atom is 0.240 e. The Morgan fingerprint density at radius 2 is 1.87 bits per heavy atom. The molecule has 4 rings (SSSR count). The van der Waals surface area contributed by atoms with Crippen molar-refractivity contribution in [1.82, 2.24) is 15.1 Å². The number of aryl methyl sites for hydroxylation is 1. The highest BCUT2D eigenvalue weighted by molar-refractivity contribution is 8.00. The fraction of sp³-hybridized carbons (Fsp3) is 0.433. The van der Waals surface area contributed by atoms with Gasteiger partial charge in [0.05, 0.1) is 29.5 Å². The first-order valence-corrected chi connectivity index (χ1v) is 14.0. The molecule has 0 radical (unpaired) electrons. The second-order valence-corrected chi connectivity index (χ2v) is 12.2. The maximum atomic E-state index is 13.8. The molecular weight excluding hydrogens is 496 g/mol. The molecule has 2 heterocycles. The first kappa shape index (κ1) is 27.8. The largest absolute Gasteiger partial charge is 0.496 e. The van der Waals surface area contributed by atoms with Gasteiger partial charge in [-0.3, -0.25) is 14.5 Å². The number of para-hydroxylation sites is 1. The number of hydrogen-bond acceptors (Lipinski definition) is 5. The number of carbonyl (C=O) groups excluding carboxylic acids is 2. The minimum atomic E-state index is -0.326. The predicted molar refractivity (Wildman–Crippen MR) is 155 cm³/mol. The molecule has 202 valence electrons. The molecule has 0 unspecified atom stereocenters. The van der Waals surface area contributed by atoms with E-state index >= 15 is 0 Å². The zero-order valence-electron chi connectivity index (χ0n) is 23.6. The molecule has 0 saturated heterocycles. The number of thioether (sulfide) groups is 1. The van der Waals surface area contributed by atoms with Crippen LogP contribution in [-0.4, -0.2) is 47.0 Å². The molecule has 8 heteroatoms. The minimum absolute atomic E-state index is 0.0335. The molecule has 1 aromatic heterocycles. The molecule has 3 aromatic rings. The standard InChI is InChI=1S/C30H38N4O3S/c1-18(2)31-24(35)16-33-25(36)17-38-27(21-13-9-10-15-23(21)37-8)26-28(30(5,6)7)32-34(29(26)33)22-14-11-12-19(3)20(22)4/h9-15,18,27H,16-17H2,1-8H3,(H,31,35)/t27-/m0/s1. The van der Waals surface area contributed by atoms with Crippen LogP contribution in [0.1, 0.15) is 67.8 Å². The van der Waals surface area contributed by atoms with Gasteiger partial charge in [-0.05, 0) is 51.0 Å². The highest BCUT2D eigenvalue weighted by Crippen LogP contribution is 2.50. The number of carbonyl (C=O) groups is 2. The van der Waals surface area contributed by atoms with Crippen molar-refractivity contribution in [1.29, 1.82) is 0 Å². The van der Waals surface area contributed by atoms with Gasteiger partial charge in [0.15, 0.2) is 0 Å². The Kier molecular flexibility index (Phi) is 7.93. The Morgan fingerprint density at radius 1 is 1.16 bits per heavy atom. The summed E-state index contributed by atoms with van der Waals surface area (Å²) in [5.74, 6) is 1.30. The van der Waals surface area contributed by atoms with E-state index in [1.54, 1.807) is 23.8 Å². The Balaban J connectivity index is 2.07. The summed E-state index contributed by atoms with van der Waals surface area (Å²) in [6.45, 7) is 14.3. The number of anilines is 1. The van der Waals surface area contributed by atoms with Crippen LogP contribution in [0.4, 0.5) is 5.82 Å². The fourth-order valence-corrected chi connectivity index (χ4v) is 6.07. The van der Waals surface area contributed by atoms with Crippen molar-refractivity contribution in [3.05, 3.63) is 70.4 Å². The van der Waals surface area contributed by atoms with E-state index in [0.717, 1.165) is 39.4 Å². The van der Waals surface area contributed by atoms with Crippen molar-refractivity contribution < 1.29 is 14.3 Å². The van der Waals surface area contributed by atoms with Gasteiger partial charge in [0.1, 0.15) is 18.1 Å². The average molecular weight is 535 g/mol. The van der Waals surface area contributed by atoms with Crippen LogP contribution < -0.4 is 15.0 Å². The molecule has 1 aliphatic rings. The van der Waals surface area contributed by atoms with Crippen molar-refractivity contribution in [2.45, 2.75) is 65.2 Å². The first-order valence-electron chi connectivity index (χ1n) is 13.0. The van der Waals surface area contributed by atoms with Gasteiger partial charge >= 0.3 is 0 Å². The lowest BCUT2D eigenvalue weighted by atomic mass is 9.87. The molecular formula is C30H38N4O3S. The summed E-state index contributed by atoms with van der Waals surface area (Å²) in [6, 6.07) is 14.0. The SMILES string of the molecule is COc1ccccc1[C@@H]1SCC(=O)N(CC(=O)NC(C)C)c2c1c(C(C)(C)C)nn2-c1cccc(C)c1C. The number of nitrogens with zero attached hydrogens (tertiary/aromatic N) is 3. The van der Waals surface area contributed by atoms with E-state index in [2.05, 4.69) is 46.0 Å². The molecule has 0 spiro atoms. The van der Waals surface area contributed by atoms with E-state index in [1.807, 2.05) is 54.9 Å². The highest BCUT2D eigenvalue weighted by atomic mass is 32.2. The Hall–Kier alpha value is -3.26. The van der Waals surface area contributed by atoms with Gasteiger partial charge in [-0.1, -0.05) is 51.1 Å². The van der Waals surface area contributed by atoms with E-state index in [4.69, 9.17) is 9.84 Å². The summed E-state index contributed by atoms with van der Waals surface area (Å²) >= 11 is 1.55. The quantitative estimate of drug-likeness (QED) is 0.453. The number of ether oxygens (including phenoxy) is 1. The second kappa shape index (κ2) is 10.8. The zero-order valence-corrected chi connectivity index (χ0v) is 24.4. The monoisotopic (exact) mass is 534 g/mol. The third-order valence-corrected chi connectivity index (χ3v) is 8.01. The predicted octanol–water partition coefficient (Wildman–Crippen LogP) is 5.49. The van der Waals surface area contributed by atoms with E-state index < -0.39 is 0 Å². The topological polar surface area (TPSA) is 76.5 Å². The van der Waals surface area contributed by atoms with E-state index in [1.165, 1.54) is 0 Å². The number of benzene rings is 2. The highest BCUT2D eigenvalue weighted by Gasteiger charge is 2.40. The Labute approximate surface area is 229 Å². The van der Waals surface area contributed by atoms with Gasteiger partial charge in [0.25, 0.3) is 0 Å². The fourth-order valence-electron chi connectivity index (χ4n) is 4.85. The Bertz CT molecular complexity index is 1360. The molecule has 1 N–H and O–H groups in total. The molecule has 0 bridgehead atoms. The van der Waals surface area contributed by atoms with Gasteiger partial charge in [0.2, 0.25) is 11.8 Å². The molecule has 2 amide bonds. The molecule has 7 nitrogen and oxygen atoms in total. The number of aromatic nitrogens is 2. The van der Waals surface area contributed by atoms with Crippen molar-refractivity contribution in [2.75, 3.05) is 24.3 Å². The number of hydrogen-bond donors (Lipinski definition) is 1. The van der Waals surface area contributed by atoms with E-state index in [0.29, 0.717) is 5.82 Å². The first-order chi connectivity index (χ1) is 17.9. The molecule has 38 heavy (non-hydrogen) atoms. The smallest absolute Gasteiger partial charge is 0.240 e. The van der Waals surface area contributed by atoms with Crippen LogP contribution in [0.5, 0.6) is 5.75 Å². The average Bonchev–Trinajstić information content (AvgIpc) is 3.18.